The molecule has 2 aliphatic rings. The van der Waals surface area contributed by atoms with Crippen molar-refractivity contribution in [3.05, 3.63) is 79.5 Å². The van der Waals surface area contributed by atoms with Crippen molar-refractivity contribution < 1.29 is 9.53 Å². The Kier molecular flexibility index (Phi) is 4.43. The molecule has 1 aromatic heterocycles. The minimum atomic E-state index is -0.440. The molecule has 130 valence electrons. The summed E-state index contributed by atoms with van der Waals surface area (Å²) in [5.74, 6) is 0.345. The number of thiophene rings is 1. The minimum Gasteiger partial charge on any atom is -0.444 e. The van der Waals surface area contributed by atoms with Crippen molar-refractivity contribution in [1.29, 1.82) is 5.26 Å². The fourth-order valence-electron chi connectivity index (χ4n) is 3.64. The molecule has 2 aromatic rings. The molecule has 2 heterocycles. The molecule has 4 rings (SSSR count). The van der Waals surface area contributed by atoms with Crippen LogP contribution < -0.4 is 5.73 Å². The largest absolute Gasteiger partial charge is 0.444 e. The van der Waals surface area contributed by atoms with E-state index in [1.54, 1.807) is 0 Å². The number of rotatable bonds is 2. The zero-order valence-corrected chi connectivity index (χ0v) is 16.1. The molecular formula is C20H15BrN2O2S. The number of nitrogens with zero attached hydrogens (tertiary/aromatic N) is 1. The summed E-state index contributed by atoms with van der Waals surface area (Å²) in [6.45, 7) is 0. The molecule has 0 amide bonds. The lowest BCUT2D eigenvalue weighted by molar-refractivity contribution is -0.117. The fraction of sp³-hybridized carbons (Fsp3) is 0.200. The Labute approximate surface area is 163 Å². The van der Waals surface area contributed by atoms with E-state index in [0.29, 0.717) is 29.7 Å². The Balaban J connectivity index is 1.79. The maximum absolute atomic E-state index is 13.1. The Hall–Kier alpha value is -2.36. The van der Waals surface area contributed by atoms with Crippen molar-refractivity contribution in [2.24, 2.45) is 5.73 Å². The Morgan fingerprint density at radius 3 is 2.62 bits per heavy atom. The van der Waals surface area contributed by atoms with Crippen molar-refractivity contribution in [2.75, 3.05) is 0 Å². The van der Waals surface area contributed by atoms with Crippen LogP contribution in [0.1, 0.15) is 35.1 Å². The van der Waals surface area contributed by atoms with E-state index in [0.717, 1.165) is 14.2 Å². The van der Waals surface area contributed by atoms with Crippen LogP contribution in [-0.2, 0) is 9.53 Å². The molecule has 0 fully saturated rings. The SMILES string of the molecule is N#CC1=C(N)OC2=C(C(=O)C[C@H](c3ccccc3)C2)[C@@H]1c1ccc(Br)s1. The number of hydrogen-bond acceptors (Lipinski definition) is 5. The van der Waals surface area contributed by atoms with Crippen molar-refractivity contribution in [1.82, 2.24) is 0 Å². The molecule has 1 aromatic carbocycles. The Bertz CT molecular complexity index is 985. The number of nitrogens with two attached hydrogens (primary N) is 1. The molecule has 6 heteroatoms. The molecule has 0 radical (unpaired) electrons. The van der Waals surface area contributed by atoms with Crippen molar-refractivity contribution in [3.8, 4) is 6.07 Å². The summed E-state index contributed by atoms with van der Waals surface area (Å²) in [6.07, 6.45) is 1.02. The molecule has 0 unspecified atom stereocenters. The summed E-state index contributed by atoms with van der Waals surface area (Å²) in [6, 6.07) is 15.9. The first-order chi connectivity index (χ1) is 12.6. The smallest absolute Gasteiger partial charge is 0.205 e. The first-order valence-corrected chi connectivity index (χ1v) is 9.83. The van der Waals surface area contributed by atoms with Crippen LogP contribution in [0.3, 0.4) is 0 Å². The summed E-state index contributed by atoms with van der Waals surface area (Å²) in [4.78, 5) is 14.0. The summed E-state index contributed by atoms with van der Waals surface area (Å²) in [5, 5.41) is 9.60. The van der Waals surface area contributed by atoms with Crippen molar-refractivity contribution >= 4 is 33.0 Å². The third-order valence-electron chi connectivity index (χ3n) is 4.81. The van der Waals surface area contributed by atoms with Crippen LogP contribution in [0.5, 0.6) is 0 Å². The quantitative estimate of drug-likeness (QED) is 0.753. The molecule has 0 spiro atoms. The van der Waals surface area contributed by atoms with E-state index in [4.69, 9.17) is 10.5 Å². The fourth-order valence-corrected chi connectivity index (χ4v) is 5.18. The molecule has 26 heavy (non-hydrogen) atoms. The van der Waals surface area contributed by atoms with Crippen LogP contribution >= 0.6 is 27.3 Å². The second-order valence-corrected chi connectivity index (χ2v) is 8.84. The van der Waals surface area contributed by atoms with Gasteiger partial charge in [0.25, 0.3) is 0 Å². The molecule has 2 N–H and O–H groups in total. The minimum absolute atomic E-state index is 0.0230. The maximum atomic E-state index is 13.1. The third-order valence-corrected chi connectivity index (χ3v) is 6.50. The number of ether oxygens (including phenoxy) is 1. The van der Waals surface area contributed by atoms with Gasteiger partial charge in [0.2, 0.25) is 5.88 Å². The number of benzene rings is 1. The van der Waals surface area contributed by atoms with Gasteiger partial charge in [-0.2, -0.15) is 5.26 Å². The van der Waals surface area contributed by atoms with Crippen LogP contribution in [0, 0.1) is 11.3 Å². The van der Waals surface area contributed by atoms with Gasteiger partial charge in [-0.25, -0.2) is 0 Å². The highest BCUT2D eigenvalue weighted by molar-refractivity contribution is 9.11. The van der Waals surface area contributed by atoms with Gasteiger partial charge in [-0.05, 0) is 39.5 Å². The number of carbonyl (C=O) groups is 1. The highest BCUT2D eigenvalue weighted by Gasteiger charge is 2.41. The van der Waals surface area contributed by atoms with E-state index in [2.05, 4.69) is 22.0 Å². The molecule has 0 bridgehead atoms. The summed E-state index contributed by atoms with van der Waals surface area (Å²) >= 11 is 4.96. The van der Waals surface area contributed by atoms with E-state index in [9.17, 15) is 10.1 Å². The average Bonchev–Trinajstić information content (AvgIpc) is 3.07. The molecule has 0 saturated heterocycles. The van der Waals surface area contributed by atoms with Gasteiger partial charge >= 0.3 is 0 Å². The summed E-state index contributed by atoms with van der Waals surface area (Å²) in [5.41, 5.74) is 8.04. The highest BCUT2D eigenvalue weighted by Crippen LogP contribution is 2.48. The van der Waals surface area contributed by atoms with Crippen LogP contribution in [0.2, 0.25) is 0 Å². The third kappa shape index (κ3) is 2.87. The lowest BCUT2D eigenvalue weighted by Crippen LogP contribution is -2.29. The second kappa shape index (κ2) is 6.75. The average molecular weight is 427 g/mol. The number of Topliss-reactive ketones (excluding diaryl/α,β-unsaturated/α-hetero) is 1. The van der Waals surface area contributed by atoms with Gasteiger partial charge in [0.05, 0.1) is 9.70 Å². The van der Waals surface area contributed by atoms with E-state index >= 15 is 0 Å². The molecule has 2 atom stereocenters. The van der Waals surface area contributed by atoms with Crippen LogP contribution in [-0.4, -0.2) is 5.78 Å². The molecule has 1 aliphatic heterocycles. The molecule has 0 saturated carbocycles. The van der Waals surface area contributed by atoms with Gasteiger partial charge in [0.15, 0.2) is 5.78 Å². The van der Waals surface area contributed by atoms with Gasteiger partial charge in [-0.3, -0.25) is 4.79 Å². The van der Waals surface area contributed by atoms with Crippen LogP contribution in [0.4, 0.5) is 0 Å². The zero-order valence-electron chi connectivity index (χ0n) is 13.7. The maximum Gasteiger partial charge on any atom is 0.205 e. The highest BCUT2D eigenvalue weighted by atomic mass is 79.9. The van der Waals surface area contributed by atoms with E-state index in [1.165, 1.54) is 11.3 Å². The van der Waals surface area contributed by atoms with E-state index in [1.807, 2.05) is 42.5 Å². The van der Waals surface area contributed by atoms with Gasteiger partial charge < -0.3 is 10.5 Å². The topological polar surface area (TPSA) is 76.1 Å². The summed E-state index contributed by atoms with van der Waals surface area (Å²) < 4.78 is 6.71. The lowest BCUT2D eigenvalue weighted by atomic mass is 9.75. The monoisotopic (exact) mass is 426 g/mol. The first-order valence-electron chi connectivity index (χ1n) is 8.22. The predicted octanol–water partition coefficient (Wildman–Crippen LogP) is 4.72. The van der Waals surface area contributed by atoms with Crippen molar-refractivity contribution in [3.63, 3.8) is 0 Å². The molecule has 4 nitrogen and oxygen atoms in total. The first kappa shape index (κ1) is 17.1. The van der Waals surface area contributed by atoms with Gasteiger partial charge in [0.1, 0.15) is 17.4 Å². The predicted molar refractivity (Wildman–Crippen MR) is 103 cm³/mol. The molecular weight excluding hydrogens is 412 g/mol. The number of nitriles is 1. The Morgan fingerprint density at radius 2 is 1.96 bits per heavy atom. The van der Waals surface area contributed by atoms with Crippen molar-refractivity contribution in [2.45, 2.75) is 24.7 Å². The number of halogens is 1. The second-order valence-electron chi connectivity index (χ2n) is 6.34. The molecule has 1 aliphatic carbocycles. The van der Waals surface area contributed by atoms with E-state index < -0.39 is 5.92 Å². The summed E-state index contributed by atoms with van der Waals surface area (Å²) in [7, 11) is 0. The normalized spacial score (nSPS) is 22.7. The van der Waals surface area contributed by atoms with Crippen LogP contribution in [0.25, 0.3) is 0 Å². The van der Waals surface area contributed by atoms with Crippen LogP contribution in [0.15, 0.2) is 69.0 Å². The number of allylic oxidation sites excluding steroid dienone is 3. The van der Waals surface area contributed by atoms with E-state index in [-0.39, 0.29) is 17.6 Å². The number of carbonyl (C=O) groups excluding carboxylic acids is 1. The number of ketones is 1. The lowest BCUT2D eigenvalue weighted by Gasteiger charge is -2.33. The van der Waals surface area contributed by atoms with Gasteiger partial charge in [-0.1, -0.05) is 30.3 Å². The standard InChI is InChI=1S/C20H15BrN2O2S/c21-17-7-6-16(26-17)18-13(10-22)20(23)25-15-9-12(8-14(24)19(15)18)11-4-2-1-3-5-11/h1-7,12,18H,8-9,23H2/t12-,18-/m0/s1. The zero-order chi connectivity index (χ0) is 18.3. The Morgan fingerprint density at radius 1 is 1.19 bits per heavy atom. The van der Waals surface area contributed by atoms with Gasteiger partial charge in [0, 0.05) is 23.3 Å². The number of hydrogen-bond donors (Lipinski definition) is 1. The van der Waals surface area contributed by atoms with Gasteiger partial charge in [-0.15, -0.1) is 11.3 Å².